The Labute approximate surface area is 86.3 Å². The van der Waals surface area contributed by atoms with Gasteiger partial charge in [0.1, 0.15) is 0 Å². The largest absolute Gasteiger partial charge is 0.295 e. The lowest BCUT2D eigenvalue weighted by Crippen LogP contribution is -2.00. The molecule has 0 aromatic carbocycles. The highest BCUT2D eigenvalue weighted by atomic mass is 35.5. The number of nitrogens with zero attached hydrogens (tertiary/aromatic N) is 2. The van der Waals surface area contributed by atoms with Crippen LogP contribution < -0.4 is 0 Å². The Bertz CT molecular complexity index is 516. The van der Waals surface area contributed by atoms with Gasteiger partial charge >= 0.3 is 0 Å². The summed E-state index contributed by atoms with van der Waals surface area (Å²) in [6.45, 7) is 3.44. The molecular weight excluding hydrogens is 200 g/mol. The number of hydrogen-bond acceptors (Lipinski definition) is 2. The van der Waals surface area contributed by atoms with Crippen molar-refractivity contribution in [2.45, 2.75) is 13.8 Å². The Morgan fingerprint density at radius 1 is 1.50 bits per heavy atom. The molecule has 0 bridgehead atoms. The van der Waals surface area contributed by atoms with Crippen molar-refractivity contribution in [3.05, 3.63) is 34.9 Å². The maximum absolute atomic E-state index is 11.2. The highest BCUT2D eigenvalue weighted by molar-refractivity contribution is 6.33. The molecule has 14 heavy (non-hydrogen) atoms. The van der Waals surface area contributed by atoms with Crippen molar-refractivity contribution in [1.82, 2.24) is 9.38 Å². The molecule has 0 fully saturated rings. The summed E-state index contributed by atoms with van der Waals surface area (Å²) in [5.41, 5.74) is 1.83. The van der Waals surface area contributed by atoms with Gasteiger partial charge in [0, 0.05) is 13.1 Å². The molecule has 2 aromatic rings. The predicted octanol–water partition coefficient (Wildman–Crippen LogP) is 2.50. The third-order valence-electron chi connectivity index (χ3n) is 2.05. The number of carbonyl (C=O) groups is 1. The van der Waals surface area contributed by atoms with Crippen LogP contribution >= 0.6 is 11.6 Å². The van der Waals surface area contributed by atoms with E-state index in [1.54, 1.807) is 4.40 Å². The Morgan fingerprint density at radius 2 is 2.21 bits per heavy atom. The maximum atomic E-state index is 11.2. The van der Waals surface area contributed by atoms with Gasteiger partial charge in [-0.15, -0.1) is 0 Å². The number of halogens is 1. The van der Waals surface area contributed by atoms with Gasteiger partial charge in [-0.2, -0.15) is 0 Å². The quantitative estimate of drug-likeness (QED) is 0.675. The third-order valence-corrected chi connectivity index (χ3v) is 2.33. The molecule has 0 aliphatic heterocycles. The lowest BCUT2D eigenvalue weighted by Gasteiger charge is -1.98. The molecule has 4 heteroatoms. The van der Waals surface area contributed by atoms with Crippen LogP contribution in [0.4, 0.5) is 0 Å². The van der Waals surface area contributed by atoms with Gasteiger partial charge in [0.25, 0.3) is 0 Å². The van der Waals surface area contributed by atoms with Gasteiger partial charge in [-0.05, 0) is 18.6 Å². The molecule has 0 atom stereocenters. The number of aromatic nitrogens is 2. The van der Waals surface area contributed by atoms with Crippen LogP contribution in [-0.2, 0) is 0 Å². The van der Waals surface area contributed by atoms with E-state index in [0.29, 0.717) is 11.0 Å². The van der Waals surface area contributed by atoms with Crippen LogP contribution in [0.3, 0.4) is 0 Å². The second-order valence-electron chi connectivity index (χ2n) is 3.24. The summed E-state index contributed by atoms with van der Waals surface area (Å²) in [4.78, 5) is 15.3. The number of carbonyl (C=O) groups excluding carboxylic acids is 1. The molecule has 0 spiro atoms. The van der Waals surface area contributed by atoms with Gasteiger partial charge in [0.2, 0.25) is 0 Å². The summed E-state index contributed by atoms with van der Waals surface area (Å²) in [5, 5.41) is 0.371. The lowest BCUT2D eigenvalue weighted by molar-refractivity contribution is 0.100. The molecule has 0 saturated carbocycles. The van der Waals surface area contributed by atoms with E-state index in [4.69, 9.17) is 11.6 Å². The molecule has 2 heterocycles. The fourth-order valence-corrected chi connectivity index (χ4v) is 1.64. The molecule has 0 radical (unpaired) electrons. The van der Waals surface area contributed by atoms with Gasteiger partial charge in [-0.3, -0.25) is 9.20 Å². The van der Waals surface area contributed by atoms with Crippen LogP contribution in [-0.4, -0.2) is 15.2 Å². The molecule has 0 unspecified atom stereocenters. The smallest absolute Gasteiger partial charge is 0.195 e. The van der Waals surface area contributed by atoms with Crippen LogP contribution in [0.2, 0.25) is 5.15 Å². The molecule has 0 N–H and O–H groups in total. The Hall–Kier alpha value is -1.35. The van der Waals surface area contributed by atoms with Gasteiger partial charge in [-0.25, -0.2) is 4.98 Å². The zero-order valence-corrected chi connectivity index (χ0v) is 8.67. The standard InChI is InChI=1S/C10H9ClN2O/c1-6-3-4-8-9(11)12-10(7(2)14)13(8)5-6/h3-5H,1-2H3. The predicted molar refractivity (Wildman–Crippen MR) is 54.9 cm³/mol. The van der Waals surface area contributed by atoms with Crippen molar-refractivity contribution in [2.75, 3.05) is 0 Å². The van der Waals surface area contributed by atoms with E-state index in [9.17, 15) is 4.79 Å². The van der Waals surface area contributed by atoms with Crippen molar-refractivity contribution >= 4 is 22.9 Å². The third kappa shape index (κ3) is 1.30. The van der Waals surface area contributed by atoms with Gasteiger partial charge in [0.15, 0.2) is 16.8 Å². The second kappa shape index (κ2) is 3.10. The summed E-state index contributed by atoms with van der Waals surface area (Å²) >= 11 is 5.89. The minimum atomic E-state index is -0.0856. The first-order valence-corrected chi connectivity index (χ1v) is 4.62. The number of imidazole rings is 1. The normalized spacial score (nSPS) is 10.8. The minimum absolute atomic E-state index is 0.0856. The fourth-order valence-electron chi connectivity index (χ4n) is 1.40. The Balaban J connectivity index is 2.85. The number of Topliss-reactive ketones (excluding diaryl/α,β-unsaturated/α-hetero) is 1. The first kappa shape index (κ1) is 9.21. The van der Waals surface area contributed by atoms with E-state index in [-0.39, 0.29) is 5.78 Å². The van der Waals surface area contributed by atoms with Crippen molar-refractivity contribution < 1.29 is 4.79 Å². The van der Waals surface area contributed by atoms with Crippen molar-refractivity contribution in [3.63, 3.8) is 0 Å². The molecule has 0 amide bonds. The van der Waals surface area contributed by atoms with E-state index in [1.807, 2.05) is 25.3 Å². The van der Waals surface area contributed by atoms with Crippen molar-refractivity contribution in [3.8, 4) is 0 Å². The summed E-state index contributed by atoms with van der Waals surface area (Å²) in [7, 11) is 0. The lowest BCUT2D eigenvalue weighted by atomic mass is 10.3. The number of fused-ring (bicyclic) bond motifs is 1. The van der Waals surface area contributed by atoms with Crippen molar-refractivity contribution in [1.29, 1.82) is 0 Å². The molecule has 72 valence electrons. The van der Waals surface area contributed by atoms with Crippen LogP contribution in [0.1, 0.15) is 23.1 Å². The first-order valence-electron chi connectivity index (χ1n) is 4.25. The van der Waals surface area contributed by atoms with Gasteiger partial charge in [-0.1, -0.05) is 17.7 Å². The fraction of sp³-hybridized carbons (Fsp3) is 0.200. The Kier molecular flexibility index (Phi) is 2.04. The average Bonchev–Trinajstić information content (AvgIpc) is 2.43. The van der Waals surface area contributed by atoms with E-state index in [2.05, 4.69) is 4.98 Å². The zero-order valence-electron chi connectivity index (χ0n) is 7.91. The molecule has 2 aromatic heterocycles. The number of ketones is 1. The molecule has 0 saturated heterocycles. The summed E-state index contributed by atoms with van der Waals surface area (Å²) in [5.74, 6) is 0.297. The van der Waals surface area contributed by atoms with Gasteiger partial charge in [0.05, 0.1) is 5.52 Å². The Morgan fingerprint density at radius 3 is 2.86 bits per heavy atom. The highest BCUT2D eigenvalue weighted by Gasteiger charge is 2.12. The zero-order chi connectivity index (χ0) is 10.3. The van der Waals surface area contributed by atoms with E-state index < -0.39 is 0 Å². The van der Waals surface area contributed by atoms with E-state index >= 15 is 0 Å². The number of rotatable bonds is 1. The average molecular weight is 209 g/mol. The van der Waals surface area contributed by atoms with Crippen molar-refractivity contribution in [2.24, 2.45) is 0 Å². The molecule has 0 aliphatic rings. The molecular formula is C10H9ClN2O. The monoisotopic (exact) mass is 208 g/mol. The van der Waals surface area contributed by atoms with E-state index in [1.165, 1.54) is 6.92 Å². The molecule has 3 nitrogen and oxygen atoms in total. The second-order valence-corrected chi connectivity index (χ2v) is 3.60. The SMILES string of the molecule is CC(=O)c1nc(Cl)c2ccc(C)cn12. The number of hydrogen-bond donors (Lipinski definition) is 0. The number of aryl methyl sites for hydroxylation is 1. The summed E-state index contributed by atoms with van der Waals surface area (Å²) in [6, 6.07) is 3.80. The number of pyridine rings is 1. The topological polar surface area (TPSA) is 34.4 Å². The van der Waals surface area contributed by atoms with E-state index in [0.717, 1.165) is 11.1 Å². The van der Waals surface area contributed by atoms with Gasteiger partial charge < -0.3 is 0 Å². The van der Waals surface area contributed by atoms with Crippen LogP contribution in [0.15, 0.2) is 18.3 Å². The minimum Gasteiger partial charge on any atom is -0.295 e. The molecule has 2 rings (SSSR count). The molecule has 0 aliphatic carbocycles. The summed E-state index contributed by atoms with van der Waals surface area (Å²) < 4.78 is 1.72. The highest BCUT2D eigenvalue weighted by Crippen LogP contribution is 2.19. The van der Waals surface area contributed by atoms with Crippen LogP contribution in [0.25, 0.3) is 5.52 Å². The maximum Gasteiger partial charge on any atom is 0.195 e. The van der Waals surface area contributed by atoms with Crippen LogP contribution in [0, 0.1) is 6.92 Å². The first-order chi connectivity index (χ1) is 6.59. The van der Waals surface area contributed by atoms with Crippen LogP contribution in [0.5, 0.6) is 0 Å². The summed E-state index contributed by atoms with van der Waals surface area (Å²) in [6.07, 6.45) is 1.85.